The Labute approximate surface area is 79.1 Å². The molecule has 1 heteroatoms. The van der Waals surface area contributed by atoms with Crippen LogP contribution < -0.4 is 0 Å². The third kappa shape index (κ3) is 2.55. The summed E-state index contributed by atoms with van der Waals surface area (Å²) in [5, 5.41) is 0. The monoisotopic (exact) mass is 174 g/mol. The first-order valence-corrected chi connectivity index (χ1v) is 4.47. The van der Waals surface area contributed by atoms with Gasteiger partial charge in [0.15, 0.2) is 5.78 Å². The highest BCUT2D eigenvalue weighted by Gasteiger charge is 2.10. The fourth-order valence-electron chi connectivity index (χ4n) is 1.21. The number of ketones is 1. The molecule has 1 aromatic carbocycles. The van der Waals surface area contributed by atoms with Gasteiger partial charge in [-0.05, 0) is 18.6 Å². The van der Waals surface area contributed by atoms with Crippen LogP contribution in [0.25, 0.3) is 0 Å². The van der Waals surface area contributed by atoms with E-state index in [0.29, 0.717) is 0 Å². The molecule has 68 valence electrons. The number of benzene rings is 1. The van der Waals surface area contributed by atoms with Gasteiger partial charge in [-0.15, -0.1) is 0 Å². The van der Waals surface area contributed by atoms with Gasteiger partial charge in [-0.25, -0.2) is 0 Å². The first-order valence-electron chi connectivity index (χ1n) is 4.47. The molecule has 0 N–H and O–H groups in total. The first kappa shape index (κ1) is 9.72. The summed E-state index contributed by atoms with van der Waals surface area (Å²) < 4.78 is 0. The molecule has 0 radical (unpaired) electrons. The number of hydrogen-bond donors (Lipinski definition) is 0. The molecule has 0 amide bonds. The molecule has 0 spiro atoms. The van der Waals surface area contributed by atoms with Crippen molar-refractivity contribution in [3.8, 4) is 0 Å². The maximum absolute atomic E-state index is 11.5. The summed E-state index contributed by atoms with van der Waals surface area (Å²) in [4.78, 5) is 11.5. The van der Waals surface area contributed by atoms with Crippen LogP contribution in [0.2, 0.25) is 0 Å². The number of carbonyl (C=O) groups excluding carboxylic acids is 1. The summed E-state index contributed by atoms with van der Waals surface area (Å²) in [7, 11) is 0. The Hall–Kier alpha value is -1.37. The molecule has 0 aliphatic carbocycles. The van der Waals surface area contributed by atoms with Crippen LogP contribution in [0.5, 0.6) is 0 Å². The van der Waals surface area contributed by atoms with Crippen molar-refractivity contribution in [2.75, 3.05) is 0 Å². The average molecular weight is 174 g/mol. The van der Waals surface area contributed by atoms with E-state index in [0.717, 1.165) is 5.56 Å². The van der Waals surface area contributed by atoms with Crippen molar-refractivity contribution in [1.29, 1.82) is 0 Å². The summed E-state index contributed by atoms with van der Waals surface area (Å²) in [5.74, 6) is 0.131. The highest BCUT2D eigenvalue weighted by Crippen LogP contribution is 2.15. The van der Waals surface area contributed by atoms with Gasteiger partial charge in [0.1, 0.15) is 0 Å². The number of rotatable bonds is 3. The largest absolute Gasteiger partial charge is 0.294 e. The van der Waals surface area contributed by atoms with E-state index in [1.54, 1.807) is 12.2 Å². The van der Waals surface area contributed by atoms with Crippen molar-refractivity contribution >= 4 is 5.78 Å². The molecule has 0 saturated carbocycles. The molecule has 1 atom stereocenters. The topological polar surface area (TPSA) is 17.1 Å². The van der Waals surface area contributed by atoms with Gasteiger partial charge in [-0.2, -0.15) is 0 Å². The maximum Gasteiger partial charge on any atom is 0.162 e. The van der Waals surface area contributed by atoms with Crippen molar-refractivity contribution in [2.45, 2.75) is 19.8 Å². The second kappa shape index (κ2) is 4.61. The third-order valence-electron chi connectivity index (χ3n) is 2.06. The Balaban J connectivity index is 2.79. The van der Waals surface area contributed by atoms with E-state index in [2.05, 4.69) is 0 Å². The summed E-state index contributed by atoms with van der Waals surface area (Å²) in [6.07, 6.45) is 3.40. The molecule has 0 aliphatic rings. The quantitative estimate of drug-likeness (QED) is 0.644. The predicted molar refractivity (Wildman–Crippen MR) is 54.7 cm³/mol. The maximum atomic E-state index is 11.5. The van der Waals surface area contributed by atoms with E-state index in [1.807, 2.05) is 44.2 Å². The lowest BCUT2D eigenvalue weighted by Gasteiger charge is -2.06. The molecule has 0 aliphatic heterocycles. The van der Waals surface area contributed by atoms with Crippen molar-refractivity contribution in [1.82, 2.24) is 0 Å². The summed E-state index contributed by atoms with van der Waals surface area (Å²) >= 11 is 0. The lowest BCUT2D eigenvalue weighted by Crippen LogP contribution is -2.05. The second-order valence-electron chi connectivity index (χ2n) is 3.03. The SMILES string of the molecule is CC=CC(=O)C(C)c1ccccc1. The number of allylic oxidation sites excluding steroid dienone is 2. The van der Waals surface area contributed by atoms with E-state index in [-0.39, 0.29) is 11.7 Å². The smallest absolute Gasteiger partial charge is 0.162 e. The first-order chi connectivity index (χ1) is 6.25. The van der Waals surface area contributed by atoms with Crippen LogP contribution in [0.3, 0.4) is 0 Å². The fourth-order valence-corrected chi connectivity index (χ4v) is 1.21. The van der Waals surface area contributed by atoms with Crippen molar-refractivity contribution < 1.29 is 4.79 Å². The molecule has 0 heterocycles. The van der Waals surface area contributed by atoms with E-state index in [1.165, 1.54) is 0 Å². The molecule has 0 aromatic heterocycles. The van der Waals surface area contributed by atoms with Crippen molar-refractivity contribution in [3.63, 3.8) is 0 Å². The van der Waals surface area contributed by atoms with Crippen LogP contribution in [-0.2, 0) is 4.79 Å². The van der Waals surface area contributed by atoms with Gasteiger partial charge in [-0.1, -0.05) is 43.3 Å². The van der Waals surface area contributed by atoms with E-state index in [4.69, 9.17) is 0 Å². The zero-order valence-corrected chi connectivity index (χ0v) is 8.03. The van der Waals surface area contributed by atoms with Crippen LogP contribution in [0, 0.1) is 0 Å². The summed E-state index contributed by atoms with van der Waals surface area (Å²) in [5.41, 5.74) is 1.07. The molecule has 0 bridgehead atoms. The van der Waals surface area contributed by atoms with Crippen LogP contribution in [-0.4, -0.2) is 5.78 Å². The minimum atomic E-state index is -0.0302. The van der Waals surface area contributed by atoms with Gasteiger partial charge in [0.05, 0.1) is 0 Å². The Morgan fingerprint density at radius 1 is 1.31 bits per heavy atom. The molecular weight excluding hydrogens is 160 g/mol. The Morgan fingerprint density at radius 3 is 2.46 bits per heavy atom. The Kier molecular flexibility index (Phi) is 3.44. The zero-order valence-electron chi connectivity index (χ0n) is 8.03. The standard InChI is InChI=1S/C12H14O/c1-3-7-12(13)10(2)11-8-5-4-6-9-11/h3-10H,1-2H3. The minimum absolute atomic E-state index is 0.0302. The van der Waals surface area contributed by atoms with Gasteiger partial charge in [0.25, 0.3) is 0 Å². The van der Waals surface area contributed by atoms with Gasteiger partial charge < -0.3 is 0 Å². The van der Waals surface area contributed by atoms with Gasteiger partial charge in [0, 0.05) is 5.92 Å². The van der Waals surface area contributed by atoms with E-state index in [9.17, 15) is 4.79 Å². The lowest BCUT2D eigenvalue weighted by molar-refractivity contribution is -0.115. The van der Waals surface area contributed by atoms with E-state index < -0.39 is 0 Å². The Morgan fingerprint density at radius 2 is 1.92 bits per heavy atom. The number of carbonyl (C=O) groups is 1. The summed E-state index contributed by atoms with van der Waals surface area (Å²) in [6.45, 7) is 3.78. The molecular formula is C12H14O. The van der Waals surface area contributed by atoms with Crippen LogP contribution >= 0.6 is 0 Å². The molecule has 0 fully saturated rings. The van der Waals surface area contributed by atoms with Crippen LogP contribution in [0.15, 0.2) is 42.5 Å². The normalized spacial score (nSPS) is 13.1. The molecule has 0 saturated heterocycles. The van der Waals surface area contributed by atoms with E-state index >= 15 is 0 Å². The van der Waals surface area contributed by atoms with Gasteiger partial charge in [-0.3, -0.25) is 4.79 Å². The average Bonchev–Trinajstić information content (AvgIpc) is 2.18. The molecule has 1 rings (SSSR count). The third-order valence-corrected chi connectivity index (χ3v) is 2.06. The highest BCUT2D eigenvalue weighted by atomic mass is 16.1. The lowest BCUT2D eigenvalue weighted by atomic mass is 9.97. The van der Waals surface area contributed by atoms with Gasteiger partial charge in [0.2, 0.25) is 0 Å². The van der Waals surface area contributed by atoms with Crippen molar-refractivity contribution in [2.24, 2.45) is 0 Å². The van der Waals surface area contributed by atoms with Crippen LogP contribution in [0.1, 0.15) is 25.3 Å². The zero-order chi connectivity index (χ0) is 9.68. The molecule has 13 heavy (non-hydrogen) atoms. The second-order valence-corrected chi connectivity index (χ2v) is 3.03. The van der Waals surface area contributed by atoms with Crippen LogP contribution in [0.4, 0.5) is 0 Å². The molecule has 1 aromatic rings. The van der Waals surface area contributed by atoms with Gasteiger partial charge >= 0.3 is 0 Å². The van der Waals surface area contributed by atoms with Crippen molar-refractivity contribution in [3.05, 3.63) is 48.0 Å². The molecule has 1 nitrogen and oxygen atoms in total. The molecule has 1 unspecified atom stereocenters. The predicted octanol–water partition coefficient (Wildman–Crippen LogP) is 2.94. The Bertz CT molecular complexity index is 298. The fraction of sp³-hybridized carbons (Fsp3) is 0.250. The highest BCUT2D eigenvalue weighted by molar-refractivity contribution is 5.94. The minimum Gasteiger partial charge on any atom is -0.294 e. The number of hydrogen-bond acceptors (Lipinski definition) is 1. The summed E-state index contributed by atoms with van der Waals surface area (Å²) in [6, 6.07) is 9.82.